The summed E-state index contributed by atoms with van der Waals surface area (Å²) in [7, 11) is -1.60. The number of furan rings is 1. The van der Waals surface area contributed by atoms with Gasteiger partial charge in [0.25, 0.3) is 6.71 Å². The normalized spacial score (nSPS) is 21.5. The maximum absolute atomic E-state index is 7.86. The number of hydrogen-bond acceptors (Lipinski definition) is 3. The van der Waals surface area contributed by atoms with Crippen molar-refractivity contribution in [1.82, 2.24) is 0 Å². The van der Waals surface area contributed by atoms with Gasteiger partial charge in [0.1, 0.15) is 5.58 Å². The van der Waals surface area contributed by atoms with Gasteiger partial charge in [0.05, 0.1) is 13.8 Å². The zero-order valence-electron chi connectivity index (χ0n) is 55.6. The summed E-state index contributed by atoms with van der Waals surface area (Å²) < 4.78 is 7.86. The minimum Gasteiger partial charge on any atom is -0.440 e. The lowest BCUT2D eigenvalue weighted by molar-refractivity contribution is 0.330. The summed E-state index contributed by atoms with van der Waals surface area (Å²) in [4.78, 5) is 5.49. The Kier molecular flexibility index (Phi) is 12.0. The largest absolute Gasteiger partial charge is 0.440 e. The van der Waals surface area contributed by atoms with Crippen molar-refractivity contribution in [1.29, 1.82) is 0 Å². The fourth-order valence-corrected chi connectivity index (χ4v) is 18.2. The van der Waals surface area contributed by atoms with Crippen LogP contribution in [-0.2, 0) is 48.7 Å². The fourth-order valence-electron chi connectivity index (χ4n) is 17.0. The molecule has 0 saturated carbocycles. The van der Waals surface area contributed by atoms with E-state index in [4.69, 9.17) is 4.42 Å². The Balaban J connectivity index is 1.23. The molecule has 83 heavy (non-hydrogen) atoms. The lowest BCUT2D eigenvalue weighted by Crippen LogP contribution is -2.61. The Morgan fingerprint density at radius 3 is 1.47 bits per heavy atom. The molecule has 6 aliphatic rings. The van der Waals surface area contributed by atoms with Crippen molar-refractivity contribution in [2.75, 3.05) is 9.80 Å². The average Bonchev–Trinajstić information content (AvgIpc) is 1.81. The molecule has 0 N–H and O–H groups in total. The third kappa shape index (κ3) is 8.41. The number of hydrogen-bond donors (Lipinski definition) is 0. The number of benzene rings is 6. The van der Waals surface area contributed by atoms with Crippen molar-refractivity contribution in [2.24, 2.45) is 0 Å². The first-order valence-corrected chi connectivity index (χ1v) is 35.8. The second-order valence-corrected chi connectivity index (χ2v) is 40.0. The maximum atomic E-state index is 7.86. The molecule has 6 aromatic carbocycles. The molecule has 2 aliphatic heterocycles. The van der Waals surface area contributed by atoms with Gasteiger partial charge in [0, 0.05) is 39.2 Å². The van der Waals surface area contributed by atoms with Crippen molar-refractivity contribution < 1.29 is 4.42 Å². The monoisotopic (exact) mass is 1120 g/mol. The van der Waals surface area contributed by atoms with E-state index in [9.17, 15) is 0 Å². The van der Waals surface area contributed by atoms with Crippen molar-refractivity contribution in [3.63, 3.8) is 0 Å². The number of nitrogens with zero attached hydrogens (tertiary/aromatic N) is 2. The molecule has 7 aromatic rings. The first-order chi connectivity index (χ1) is 38.3. The summed E-state index contributed by atoms with van der Waals surface area (Å²) in [5, 5.41) is 2.77. The number of rotatable bonds is 4. The van der Waals surface area contributed by atoms with E-state index < -0.39 is 8.07 Å². The summed E-state index contributed by atoms with van der Waals surface area (Å²) in [6.45, 7) is 57.2. The Hall–Kier alpha value is -5.26. The molecule has 13 rings (SSSR count). The molecular formula is C78H99BN2OSi. The Morgan fingerprint density at radius 2 is 0.928 bits per heavy atom. The summed E-state index contributed by atoms with van der Waals surface area (Å²) in [6.07, 6.45) is 9.26. The standard InChI is InChI=1S/C78H99BN2OSi/c1-46-65-59(77(17,18)36-37-78(65,19)20)41-51(47-24-27-50(28-25-47)83(21,22)23)68(46)81-61-44-57-56(74(11,12)33-34-75(57,13)14)43-60(61)79-66-52-42-55-58(76(15,16)35-32-73(55,9)10)45-64(52)82-69(66)80(62-38-48(70(2,3)4)39-63(81)67(62)79)49-26-29-53-54(40-49)72(7,8)31-30-71(53,5)6/h24-29,38-45H,30-37H2,1-23H3. The molecule has 0 bridgehead atoms. The third-order valence-corrected chi connectivity index (χ3v) is 25.3. The zero-order chi connectivity index (χ0) is 59.9. The second-order valence-electron chi connectivity index (χ2n) is 34.9. The molecule has 0 fully saturated rings. The SMILES string of the molecule is Cc1c(N2c3cc4c(cc3B3c5c(cc(C(C)(C)C)cc52)N(c2ccc5c(c2)C(C)(C)CCC5(C)C)c2oc5cc6c(cc5c23)C(C)(C)CCC6(C)C)C(C)(C)CCC4(C)C)c(-c2ccc([Si](C)(C)C)cc2)cc2c1C(C)(C)CCC2(C)C. The van der Waals surface area contributed by atoms with Gasteiger partial charge in [-0.05, 0) is 228 Å². The van der Waals surface area contributed by atoms with Gasteiger partial charge in [-0.25, -0.2) is 0 Å². The van der Waals surface area contributed by atoms with E-state index in [1.54, 1.807) is 0 Å². The van der Waals surface area contributed by atoms with Crippen LogP contribution in [0.2, 0.25) is 19.6 Å². The average molecular weight is 1120 g/mol. The van der Waals surface area contributed by atoms with E-state index in [0.717, 1.165) is 56.4 Å². The van der Waals surface area contributed by atoms with E-state index >= 15 is 0 Å². The third-order valence-electron chi connectivity index (χ3n) is 23.2. The van der Waals surface area contributed by atoms with Gasteiger partial charge in [0.15, 0.2) is 0 Å². The lowest BCUT2D eigenvalue weighted by atomic mass is 9.33. The van der Waals surface area contributed by atoms with E-state index in [-0.39, 0.29) is 55.4 Å². The van der Waals surface area contributed by atoms with Crippen LogP contribution in [0.3, 0.4) is 0 Å². The van der Waals surface area contributed by atoms with Crippen molar-refractivity contribution in [3.8, 4) is 11.1 Å². The first-order valence-electron chi connectivity index (χ1n) is 32.3. The van der Waals surface area contributed by atoms with E-state index in [1.807, 2.05) is 0 Å². The molecule has 0 spiro atoms. The minimum absolute atomic E-state index is 0.00901. The van der Waals surface area contributed by atoms with Gasteiger partial charge in [-0.3, -0.25) is 4.90 Å². The summed E-state index contributed by atoms with van der Waals surface area (Å²) >= 11 is 0. The highest BCUT2D eigenvalue weighted by Gasteiger charge is 2.52. The Labute approximate surface area is 502 Å². The molecule has 4 aliphatic carbocycles. The predicted molar refractivity (Wildman–Crippen MR) is 363 cm³/mol. The molecule has 1 aromatic heterocycles. The summed E-state index contributed by atoms with van der Waals surface area (Å²) in [5.41, 5.74) is 28.8. The highest BCUT2D eigenvalue weighted by Crippen LogP contribution is 2.58. The molecule has 434 valence electrons. The van der Waals surface area contributed by atoms with Crippen molar-refractivity contribution >= 4 is 81.7 Å². The zero-order valence-corrected chi connectivity index (χ0v) is 56.6. The Morgan fingerprint density at radius 1 is 0.458 bits per heavy atom. The highest BCUT2D eigenvalue weighted by molar-refractivity contribution is 7.01. The van der Waals surface area contributed by atoms with Crippen molar-refractivity contribution in [3.05, 3.63) is 141 Å². The van der Waals surface area contributed by atoms with Gasteiger partial charge >= 0.3 is 0 Å². The second kappa shape index (κ2) is 17.5. The lowest BCUT2D eigenvalue weighted by Gasteiger charge is -2.49. The van der Waals surface area contributed by atoms with Gasteiger partial charge in [-0.15, -0.1) is 0 Å². The van der Waals surface area contributed by atoms with Crippen molar-refractivity contribution in [2.45, 2.75) is 258 Å². The van der Waals surface area contributed by atoms with Gasteiger partial charge < -0.3 is 9.32 Å². The first kappa shape index (κ1) is 56.8. The highest BCUT2D eigenvalue weighted by atomic mass is 28.3. The van der Waals surface area contributed by atoms with Crippen LogP contribution < -0.4 is 31.4 Å². The molecular weight excluding hydrogens is 1020 g/mol. The van der Waals surface area contributed by atoms with E-state index in [2.05, 4.69) is 253 Å². The summed E-state index contributed by atoms with van der Waals surface area (Å²) in [5.74, 6) is 0.981. The van der Waals surface area contributed by atoms with E-state index in [0.29, 0.717) is 0 Å². The minimum atomic E-state index is -1.60. The molecule has 0 amide bonds. The van der Waals surface area contributed by atoms with Gasteiger partial charge in [-0.2, -0.15) is 0 Å². The van der Waals surface area contributed by atoms with Crippen LogP contribution in [0, 0.1) is 6.92 Å². The maximum Gasteiger partial charge on any atom is 0.257 e. The topological polar surface area (TPSA) is 19.6 Å². The smallest absolute Gasteiger partial charge is 0.257 e. The number of fused-ring (bicyclic) bond motifs is 10. The van der Waals surface area contributed by atoms with Crippen LogP contribution >= 0.6 is 0 Å². The Bertz CT molecular complexity index is 3910. The molecule has 5 heteroatoms. The molecule has 3 nitrogen and oxygen atoms in total. The van der Waals surface area contributed by atoms with Gasteiger partial charge in [0.2, 0.25) is 5.88 Å². The van der Waals surface area contributed by atoms with Crippen LogP contribution in [-0.4, -0.2) is 14.8 Å². The van der Waals surface area contributed by atoms with Gasteiger partial charge in [-0.1, -0.05) is 193 Å². The summed E-state index contributed by atoms with van der Waals surface area (Å²) in [6, 6.07) is 36.1. The quantitative estimate of drug-likeness (QED) is 0.164. The van der Waals surface area contributed by atoms with Crippen LogP contribution in [0.1, 0.15) is 239 Å². The molecule has 0 unspecified atom stereocenters. The molecule has 0 saturated heterocycles. The van der Waals surface area contributed by atoms with Crippen LogP contribution in [0.15, 0.2) is 89.3 Å². The fraction of sp³-hybridized carbons (Fsp3) is 0.513. The van der Waals surface area contributed by atoms with Crippen LogP contribution in [0.25, 0.3) is 22.1 Å². The molecule has 3 heterocycles. The van der Waals surface area contributed by atoms with E-state index in [1.165, 1.54) is 129 Å². The number of anilines is 6. The van der Waals surface area contributed by atoms with Crippen LogP contribution in [0.5, 0.6) is 0 Å². The molecule has 0 radical (unpaired) electrons. The molecule has 0 atom stereocenters. The van der Waals surface area contributed by atoms with Crippen LogP contribution in [0.4, 0.5) is 34.3 Å². The predicted octanol–water partition coefficient (Wildman–Crippen LogP) is 19.7.